The molecule has 8 nitrogen and oxygen atoms in total. The number of hydrogen-bond acceptors (Lipinski definition) is 6. The van der Waals surface area contributed by atoms with Crippen LogP contribution in [0.5, 0.6) is 0 Å². The molecule has 1 amide bonds. The van der Waals surface area contributed by atoms with E-state index in [-0.39, 0.29) is 11.5 Å². The predicted molar refractivity (Wildman–Crippen MR) is 125 cm³/mol. The average Bonchev–Trinajstić information content (AvgIpc) is 3.64. The van der Waals surface area contributed by atoms with Crippen LogP contribution in [0.1, 0.15) is 24.1 Å². The van der Waals surface area contributed by atoms with Crippen molar-refractivity contribution in [1.29, 1.82) is 0 Å². The molecule has 0 unspecified atom stereocenters. The zero-order chi connectivity index (χ0) is 22.1. The van der Waals surface area contributed by atoms with Crippen molar-refractivity contribution in [2.45, 2.75) is 26.3 Å². The molecule has 32 heavy (non-hydrogen) atoms. The second-order valence-corrected chi connectivity index (χ2v) is 9.25. The summed E-state index contributed by atoms with van der Waals surface area (Å²) in [4.78, 5) is 41.1. The first-order valence-electron chi connectivity index (χ1n) is 11.7. The number of benzene rings is 1. The summed E-state index contributed by atoms with van der Waals surface area (Å²) in [5.74, 6) is 1.18. The highest BCUT2D eigenvalue weighted by Gasteiger charge is 2.34. The molecule has 1 aromatic carbocycles. The van der Waals surface area contributed by atoms with Gasteiger partial charge in [0.05, 0.1) is 5.69 Å². The highest BCUT2D eigenvalue weighted by Crippen LogP contribution is 2.31. The number of nitrogens with zero attached hydrogens (tertiary/aromatic N) is 5. The van der Waals surface area contributed by atoms with Crippen molar-refractivity contribution in [2.24, 2.45) is 5.92 Å². The predicted octanol–water partition coefficient (Wildman–Crippen LogP) is 1.46. The zero-order valence-corrected chi connectivity index (χ0v) is 18.8. The second kappa shape index (κ2) is 8.94. The Kier molecular flexibility index (Phi) is 5.87. The number of aromatic nitrogens is 2. The summed E-state index contributed by atoms with van der Waals surface area (Å²) in [5, 5.41) is 0. The third-order valence-electron chi connectivity index (χ3n) is 6.72. The van der Waals surface area contributed by atoms with Crippen LogP contribution in [0.25, 0.3) is 0 Å². The lowest BCUT2D eigenvalue weighted by atomic mass is 10.2. The first-order valence-corrected chi connectivity index (χ1v) is 11.7. The van der Waals surface area contributed by atoms with E-state index in [1.54, 1.807) is 6.07 Å². The summed E-state index contributed by atoms with van der Waals surface area (Å²) in [5.41, 5.74) is 3.26. The van der Waals surface area contributed by atoms with E-state index in [0.717, 1.165) is 44.7 Å². The maximum Gasteiger partial charge on any atom is 0.252 e. The van der Waals surface area contributed by atoms with E-state index in [2.05, 4.69) is 50.9 Å². The minimum absolute atomic E-state index is 0.111. The number of aryl methyl sites for hydroxylation is 1. The number of aromatic amines is 1. The number of piperazine rings is 2. The molecule has 3 heterocycles. The highest BCUT2D eigenvalue weighted by molar-refractivity contribution is 5.81. The molecule has 170 valence electrons. The summed E-state index contributed by atoms with van der Waals surface area (Å²) in [6, 6.07) is 10.3. The molecule has 0 spiro atoms. The van der Waals surface area contributed by atoms with E-state index in [9.17, 15) is 9.59 Å². The van der Waals surface area contributed by atoms with Crippen LogP contribution in [0, 0.1) is 12.8 Å². The molecule has 2 aliphatic heterocycles. The van der Waals surface area contributed by atoms with Crippen molar-refractivity contribution in [3.8, 4) is 0 Å². The minimum atomic E-state index is -0.111. The highest BCUT2D eigenvalue weighted by atomic mass is 16.2. The quantitative estimate of drug-likeness (QED) is 0.765. The Bertz CT molecular complexity index is 1020. The Morgan fingerprint density at radius 2 is 1.72 bits per heavy atom. The lowest BCUT2D eigenvalue weighted by Gasteiger charge is -2.36. The van der Waals surface area contributed by atoms with Crippen molar-refractivity contribution >= 4 is 17.5 Å². The van der Waals surface area contributed by atoms with Crippen LogP contribution in [0.4, 0.5) is 11.6 Å². The Labute approximate surface area is 188 Å². The van der Waals surface area contributed by atoms with E-state index in [1.807, 2.05) is 4.90 Å². The average molecular weight is 437 g/mol. The fourth-order valence-corrected chi connectivity index (χ4v) is 4.67. The number of anilines is 2. The van der Waals surface area contributed by atoms with Gasteiger partial charge in [-0.25, -0.2) is 4.98 Å². The lowest BCUT2D eigenvalue weighted by Crippen LogP contribution is -2.50. The van der Waals surface area contributed by atoms with Crippen LogP contribution in [-0.4, -0.2) is 78.0 Å². The smallest absolute Gasteiger partial charge is 0.252 e. The topological polar surface area (TPSA) is 75.8 Å². The van der Waals surface area contributed by atoms with E-state index in [0.29, 0.717) is 44.6 Å². The van der Waals surface area contributed by atoms with Gasteiger partial charge in [0.25, 0.3) is 5.56 Å². The van der Waals surface area contributed by atoms with Crippen molar-refractivity contribution in [3.05, 3.63) is 51.9 Å². The molecule has 1 aromatic heterocycles. The van der Waals surface area contributed by atoms with Crippen LogP contribution >= 0.6 is 0 Å². The first-order chi connectivity index (χ1) is 15.5. The van der Waals surface area contributed by atoms with Gasteiger partial charge in [0.15, 0.2) is 0 Å². The number of amides is 1. The van der Waals surface area contributed by atoms with E-state index < -0.39 is 0 Å². The summed E-state index contributed by atoms with van der Waals surface area (Å²) in [7, 11) is 0. The molecule has 0 radical (unpaired) electrons. The van der Waals surface area contributed by atoms with Gasteiger partial charge in [-0.1, -0.05) is 12.1 Å². The standard InChI is InChI=1S/C24H32N6O2/c1-18-3-2-4-21(15-18)28-9-7-27(8-10-28)17-20-16-22(31)26-24(25-20)30-13-11-29(12-14-30)23(32)19-5-6-19/h2-4,15-16,19H,5-14,17H2,1H3,(H,25,26,31). The Morgan fingerprint density at radius 1 is 1.00 bits per heavy atom. The molecule has 8 heteroatoms. The van der Waals surface area contributed by atoms with Gasteiger partial charge in [-0.15, -0.1) is 0 Å². The van der Waals surface area contributed by atoms with Crippen molar-refractivity contribution in [2.75, 3.05) is 62.2 Å². The van der Waals surface area contributed by atoms with Crippen LogP contribution in [-0.2, 0) is 11.3 Å². The van der Waals surface area contributed by atoms with Crippen molar-refractivity contribution in [1.82, 2.24) is 19.8 Å². The Morgan fingerprint density at radius 3 is 2.41 bits per heavy atom. The van der Waals surface area contributed by atoms with Crippen molar-refractivity contribution in [3.63, 3.8) is 0 Å². The fourth-order valence-electron chi connectivity index (χ4n) is 4.67. The van der Waals surface area contributed by atoms with E-state index in [4.69, 9.17) is 4.98 Å². The van der Waals surface area contributed by atoms with Gasteiger partial charge in [0.2, 0.25) is 11.9 Å². The van der Waals surface area contributed by atoms with Gasteiger partial charge in [-0.3, -0.25) is 19.5 Å². The number of carbonyl (C=O) groups excluding carboxylic acids is 1. The van der Waals surface area contributed by atoms with Gasteiger partial charge >= 0.3 is 0 Å². The number of nitrogens with one attached hydrogen (secondary N) is 1. The zero-order valence-electron chi connectivity index (χ0n) is 18.8. The summed E-state index contributed by atoms with van der Waals surface area (Å²) in [6.45, 7) is 9.44. The van der Waals surface area contributed by atoms with Gasteiger partial charge in [-0.2, -0.15) is 0 Å². The van der Waals surface area contributed by atoms with Crippen LogP contribution < -0.4 is 15.4 Å². The molecule has 3 aliphatic rings. The van der Waals surface area contributed by atoms with Crippen LogP contribution in [0.15, 0.2) is 35.1 Å². The maximum absolute atomic E-state index is 12.3. The van der Waals surface area contributed by atoms with Gasteiger partial charge < -0.3 is 14.7 Å². The monoisotopic (exact) mass is 436 g/mol. The number of hydrogen-bond donors (Lipinski definition) is 1. The third kappa shape index (κ3) is 4.80. The molecule has 1 N–H and O–H groups in total. The Hall–Kier alpha value is -2.87. The molecular weight excluding hydrogens is 404 g/mol. The summed E-state index contributed by atoms with van der Waals surface area (Å²) < 4.78 is 0. The molecule has 0 atom stereocenters. The number of H-pyrrole nitrogens is 1. The summed E-state index contributed by atoms with van der Waals surface area (Å²) >= 11 is 0. The molecular formula is C24H32N6O2. The minimum Gasteiger partial charge on any atom is -0.369 e. The van der Waals surface area contributed by atoms with Crippen LogP contribution in [0.3, 0.4) is 0 Å². The molecule has 3 fully saturated rings. The third-order valence-corrected chi connectivity index (χ3v) is 6.72. The SMILES string of the molecule is Cc1cccc(N2CCN(Cc3cc(=O)[nH]c(N4CCN(C(=O)C5CC5)CC4)n3)CC2)c1. The molecule has 2 saturated heterocycles. The molecule has 2 aromatic rings. The molecule has 0 bridgehead atoms. The largest absolute Gasteiger partial charge is 0.369 e. The summed E-state index contributed by atoms with van der Waals surface area (Å²) in [6.07, 6.45) is 2.07. The lowest BCUT2D eigenvalue weighted by molar-refractivity contribution is -0.132. The molecule has 1 aliphatic carbocycles. The van der Waals surface area contributed by atoms with E-state index >= 15 is 0 Å². The second-order valence-electron chi connectivity index (χ2n) is 9.25. The van der Waals surface area contributed by atoms with Gasteiger partial charge in [0.1, 0.15) is 0 Å². The molecule has 5 rings (SSSR count). The van der Waals surface area contributed by atoms with Crippen LogP contribution in [0.2, 0.25) is 0 Å². The van der Waals surface area contributed by atoms with Gasteiger partial charge in [0, 0.05) is 76.6 Å². The first kappa shape index (κ1) is 21.0. The number of rotatable bonds is 5. The van der Waals surface area contributed by atoms with Crippen molar-refractivity contribution < 1.29 is 4.79 Å². The fraction of sp³-hybridized carbons (Fsp3) is 0.542. The number of carbonyl (C=O) groups is 1. The van der Waals surface area contributed by atoms with Gasteiger partial charge in [-0.05, 0) is 37.5 Å². The Balaban J connectivity index is 1.18. The molecule has 1 saturated carbocycles. The maximum atomic E-state index is 12.3. The normalized spacial score (nSPS) is 20.0. The van der Waals surface area contributed by atoms with E-state index in [1.165, 1.54) is 11.3 Å².